The number of carbonyl (C=O) groups excluding carboxylic acids is 2. The Morgan fingerprint density at radius 3 is 2.31 bits per heavy atom. The minimum atomic E-state index is -0.516. The zero-order valence-electron chi connectivity index (χ0n) is 10.5. The van der Waals surface area contributed by atoms with Crippen LogP contribution >= 0.6 is 0 Å². The molecule has 1 N–H and O–H groups in total. The summed E-state index contributed by atoms with van der Waals surface area (Å²) in [6.45, 7) is 6.04. The third-order valence-corrected chi connectivity index (χ3v) is 1.60. The molecule has 0 heterocycles. The summed E-state index contributed by atoms with van der Waals surface area (Å²) in [5.41, 5.74) is -0.516. The van der Waals surface area contributed by atoms with Gasteiger partial charge in [-0.15, -0.1) is 0 Å². The van der Waals surface area contributed by atoms with Crippen LogP contribution in [0.5, 0.6) is 0 Å². The molecule has 0 aliphatic rings. The van der Waals surface area contributed by atoms with Crippen LogP contribution in [0.15, 0.2) is 0 Å². The Morgan fingerprint density at radius 1 is 1.31 bits per heavy atom. The molecule has 0 fully saturated rings. The largest absolute Gasteiger partial charge is 0.453 e. The van der Waals surface area contributed by atoms with Gasteiger partial charge in [-0.2, -0.15) is 0 Å². The summed E-state index contributed by atoms with van der Waals surface area (Å²) in [7, 11) is 2.89. The number of ether oxygens (including phenoxy) is 2. The molecule has 0 saturated heterocycles. The van der Waals surface area contributed by atoms with Crippen LogP contribution in [0.4, 0.5) is 9.59 Å². The Balaban J connectivity index is 3.74. The van der Waals surface area contributed by atoms with Gasteiger partial charge in [-0.25, -0.2) is 9.59 Å². The number of rotatable bonds is 3. The molecular weight excluding hydrogens is 212 g/mol. The molecule has 0 spiro atoms. The lowest BCUT2D eigenvalue weighted by Gasteiger charge is -2.20. The fourth-order valence-electron chi connectivity index (χ4n) is 0.887. The number of hydrogen-bond acceptors (Lipinski definition) is 4. The predicted octanol–water partition coefficient (Wildman–Crippen LogP) is 1.21. The molecule has 0 saturated carbocycles. The summed E-state index contributed by atoms with van der Waals surface area (Å²) in [5.74, 6) is 0. The molecule has 6 nitrogen and oxygen atoms in total. The van der Waals surface area contributed by atoms with E-state index in [4.69, 9.17) is 4.74 Å². The van der Waals surface area contributed by atoms with Gasteiger partial charge < -0.3 is 19.7 Å². The first kappa shape index (κ1) is 14.5. The second-order valence-corrected chi connectivity index (χ2v) is 4.32. The molecule has 0 rings (SSSR count). The summed E-state index contributed by atoms with van der Waals surface area (Å²) in [5, 5.41) is 2.54. The fraction of sp³-hybridized carbons (Fsp3) is 0.800. The highest BCUT2D eigenvalue weighted by Gasteiger charge is 2.16. The van der Waals surface area contributed by atoms with Gasteiger partial charge >= 0.3 is 12.2 Å². The SMILES string of the molecule is COC(=O)N(C)CCNC(=O)OC(C)(C)C. The molecule has 0 unspecified atom stereocenters. The topological polar surface area (TPSA) is 67.9 Å². The van der Waals surface area contributed by atoms with Gasteiger partial charge in [0.15, 0.2) is 0 Å². The van der Waals surface area contributed by atoms with Crippen molar-refractivity contribution < 1.29 is 19.1 Å². The number of hydrogen-bond donors (Lipinski definition) is 1. The molecule has 94 valence electrons. The first-order valence-corrected chi connectivity index (χ1v) is 5.02. The Labute approximate surface area is 95.9 Å². The van der Waals surface area contributed by atoms with Gasteiger partial charge in [0.05, 0.1) is 7.11 Å². The molecule has 0 aromatic rings. The van der Waals surface area contributed by atoms with E-state index in [2.05, 4.69) is 10.1 Å². The minimum Gasteiger partial charge on any atom is -0.453 e. The van der Waals surface area contributed by atoms with Crippen LogP contribution in [0.2, 0.25) is 0 Å². The first-order valence-electron chi connectivity index (χ1n) is 5.02. The van der Waals surface area contributed by atoms with Crippen LogP contribution in [0.25, 0.3) is 0 Å². The Bertz CT molecular complexity index is 248. The zero-order chi connectivity index (χ0) is 12.8. The number of likely N-dealkylation sites (N-methyl/N-ethyl adjacent to an activating group) is 1. The number of nitrogens with zero attached hydrogens (tertiary/aromatic N) is 1. The van der Waals surface area contributed by atoms with Crippen molar-refractivity contribution in [2.75, 3.05) is 27.2 Å². The van der Waals surface area contributed by atoms with Crippen molar-refractivity contribution in [1.82, 2.24) is 10.2 Å². The van der Waals surface area contributed by atoms with Gasteiger partial charge in [0, 0.05) is 20.1 Å². The molecule has 0 aliphatic carbocycles. The lowest BCUT2D eigenvalue weighted by atomic mass is 10.2. The molecule has 2 amide bonds. The first-order chi connectivity index (χ1) is 7.26. The smallest absolute Gasteiger partial charge is 0.409 e. The normalized spacial score (nSPS) is 10.6. The van der Waals surface area contributed by atoms with Crippen LogP contribution in [0, 0.1) is 0 Å². The van der Waals surface area contributed by atoms with E-state index in [9.17, 15) is 9.59 Å². The van der Waals surface area contributed by atoms with E-state index in [0.29, 0.717) is 13.1 Å². The summed E-state index contributed by atoms with van der Waals surface area (Å²) in [6, 6.07) is 0. The lowest BCUT2D eigenvalue weighted by Crippen LogP contribution is -2.38. The molecule has 0 atom stereocenters. The third kappa shape index (κ3) is 6.92. The fourth-order valence-corrected chi connectivity index (χ4v) is 0.887. The lowest BCUT2D eigenvalue weighted by molar-refractivity contribution is 0.0521. The maximum Gasteiger partial charge on any atom is 0.409 e. The predicted molar refractivity (Wildman–Crippen MR) is 59.3 cm³/mol. The van der Waals surface area contributed by atoms with Gasteiger partial charge in [0.2, 0.25) is 0 Å². The second kappa shape index (κ2) is 6.19. The zero-order valence-corrected chi connectivity index (χ0v) is 10.5. The van der Waals surface area contributed by atoms with E-state index in [-0.39, 0.29) is 0 Å². The quantitative estimate of drug-likeness (QED) is 0.794. The van der Waals surface area contributed by atoms with Crippen molar-refractivity contribution in [3.8, 4) is 0 Å². The Hall–Kier alpha value is -1.46. The summed E-state index contributed by atoms with van der Waals surface area (Å²) < 4.78 is 9.51. The van der Waals surface area contributed by atoms with E-state index in [0.717, 1.165) is 0 Å². The highest BCUT2D eigenvalue weighted by atomic mass is 16.6. The average molecular weight is 232 g/mol. The van der Waals surface area contributed by atoms with Gasteiger partial charge in [-0.1, -0.05) is 0 Å². The molecule has 0 aliphatic heterocycles. The monoisotopic (exact) mass is 232 g/mol. The van der Waals surface area contributed by atoms with Crippen LogP contribution in [0.3, 0.4) is 0 Å². The second-order valence-electron chi connectivity index (χ2n) is 4.32. The number of carbonyl (C=O) groups is 2. The summed E-state index contributed by atoms with van der Waals surface area (Å²) >= 11 is 0. The van der Waals surface area contributed by atoms with Crippen LogP contribution in [-0.4, -0.2) is 49.9 Å². The van der Waals surface area contributed by atoms with Crippen molar-refractivity contribution in [1.29, 1.82) is 0 Å². The molecule has 0 bridgehead atoms. The molecule has 0 aromatic heterocycles. The highest BCUT2D eigenvalue weighted by Crippen LogP contribution is 2.06. The maximum absolute atomic E-state index is 11.2. The van der Waals surface area contributed by atoms with Crippen LogP contribution in [-0.2, 0) is 9.47 Å². The van der Waals surface area contributed by atoms with E-state index >= 15 is 0 Å². The van der Waals surface area contributed by atoms with Crippen molar-refractivity contribution in [3.05, 3.63) is 0 Å². The highest BCUT2D eigenvalue weighted by molar-refractivity contribution is 5.68. The molecule has 6 heteroatoms. The molecule has 0 aromatic carbocycles. The van der Waals surface area contributed by atoms with Crippen molar-refractivity contribution in [2.24, 2.45) is 0 Å². The molecular formula is C10H20N2O4. The van der Waals surface area contributed by atoms with Gasteiger partial charge in [-0.3, -0.25) is 0 Å². The molecule has 0 radical (unpaired) electrons. The average Bonchev–Trinajstić information content (AvgIpc) is 2.13. The van der Waals surface area contributed by atoms with Crippen molar-refractivity contribution in [2.45, 2.75) is 26.4 Å². The number of methoxy groups -OCH3 is 1. The van der Waals surface area contributed by atoms with Crippen LogP contribution in [0.1, 0.15) is 20.8 Å². The van der Waals surface area contributed by atoms with E-state index in [1.54, 1.807) is 27.8 Å². The van der Waals surface area contributed by atoms with Gasteiger partial charge in [0.1, 0.15) is 5.60 Å². The number of amides is 2. The van der Waals surface area contributed by atoms with Gasteiger partial charge in [0.25, 0.3) is 0 Å². The summed E-state index contributed by atoms with van der Waals surface area (Å²) in [4.78, 5) is 23.5. The summed E-state index contributed by atoms with van der Waals surface area (Å²) in [6.07, 6.45) is -0.934. The van der Waals surface area contributed by atoms with Crippen molar-refractivity contribution >= 4 is 12.2 Å². The van der Waals surface area contributed by atoms with Gasteiger partial charge in [-0.05, 0) is 20.8 Å². The van der Waals surface area contributed by atoms with E-state index < -0.39 is 17.8 Å². The maximum atomic E-state index is 11.2. The minimum absolute atomic E-state index is 0.320. The van der Waals surface area contributed by atoms with E-state index in [1.807, 2.05) is 0 Å². The third-order valence-electron chi connectivity index (χ3n) is 1.60. The van der Waals surface area contributed by atoms with E-state index in [1.165, 1.54) is 12.0 Å². The Kier molecular flexibility index (Phi) is 5.63. The number of alkyl carbamates (subject to hydrolysis) is 1. The van der Waals surface area contributed by atoms with Crippen LogP contribution < -0.4 is 5.32 Å². The standard InChI is InChI=1S/C10H20N2O4/c1-10(2,3)16-8(13)11-6-7-12(4)9(14)15-5/h6-7H2,1-5H3,(H,11,13). The molecule has 16 heavy (non-hydrogen) atoms. The number of nitrogens with one attached hydrogen (secondary N) is 1. The Morgan fingerprint density at radius 2 is 1.88 bits per heavy atom. The van der Waals surface area contributed by atoms with Crippen molar-refractivity contribution in [3.63, 3.8) is 0 Å².